The smallest absolute Gasteiger partial charge is 0.250 e. The number of ether oxygens (including phenoxy) is 1. The molecule has 1 saturated carbocycles. The van der Waals surface area contributed by atoms with E-state index in [0.717, 1.165) is 12.8 Å². The summed E-state index contributed by atoms with van der Waals surface area (Å²) in [5.41, 5.74) is 0. The number of nitrogens with zero attached hydrogens (tertiary/aromatic N) is 4. The summed E-state index contributed by atoms with van der Waals surface area (Å²) in [5.74, 6) is 0.579. The number of morpholine rings is 1. The van der Waals surface area contributed by atoms with E-state index in [1.54, 1.807) is 7.05 Å². The van der Waals surface area contributed by atoms with Crippen LogP contribution in [0.15, 0.2) is 5.16 Å². The highest BCUT2D eigenvalue weighted by molar-refractivity contribution is 7.92. The Bertz CT molecular complexity index is 674. The Balaban J connectivity index is 1.83. The van der Waals surface area contributed by atoms with Gasteiger partial charge in [-0.3, -0.25) is 4.79 Å². The second-order valence-corrected chi connectivity index (χ2v) is 7.96. The third kappa shape index (κ3) is 2.63. The zero-order chi connectivity index (χ0) is 15.9. The summed E-state index contributed by atoms with van der Waals surface area (Å²) in [4.78, 5) is 13.9. The van der Waals surface area contributed by atoms with Gasteiger partial charge in [0.25, 0.3) is 0 Å². The Labute approximate surface area is 129 Å². The molecular formula is C13H20N4O4S. The van der Waals surface area contributed by atoms with Gasteiger partial charge in [0.1, 0.15) is 11.1 Å². The topological polar surface area (TPSA) is 94.4 Å². The predicted molar refractivity (Wildman–Crippen MR) is 77.0 cm³/mol. The van der Waals surface area contributed by atoms with E-state index < -0.39 is 21.0 Å². The standard InChI is InChI=1S/C13H20N4O4S/c1-9(12(18)17-5-7-21-8-6-17)22(19,20)13-15-14-11(16(13)2)10-3-4-10/h9-10H,3-8H2,1-2H3/t9-/m0/s1. The SMILES string of the molecule is C[C@@H](C(=O)N1CCOCC1)S(=O)(=O)c1nnc(C2CC2)n1C. The monoisotopic (exact) mass is 328 g/mol. The summed E-state index contributed by atoms with van der Waals surface area (Å²) in [6.07, 6.45) is 2.02. The van der Waals surface area contributed by atoms with E-state index in [-0.39, 0.29) is 5.16 Å². The quantitative estimate of drug-likeness (QED) is 0.754. The minimum Gasteiger partial charge on any atom is -0.378 e. The van der Waals surface area contributed by atoms with Crippen LogP contribution in [0.1, 0.15) is 31.5 Å². The maximum atomic E-state index is 12.7. The van der Waals surface area contributed by atoms with Gasteiger partial charge in [0.05, 0.1) is 13.2 Å². The molecule has 1 amide bonds. The molecule has 0 bridgehead atoms. The van der Waals surface area contributed by atoms with Crippen LogP contribution < -0.4 is 0 Å². The summed E-state index contributed by atoms with van der Waals surface area (Å²) >= 11 is 0. The van der Waals surface area contributed by atoms with Crippen LogP contribution in [0.2, 0.25) is 0 Å². The molecule has 1 aromatic rings. The van der Waals surface area contributed by atoms with Gasteiger partial charge in [-0.1, -0.05) is 0 Å². The van der Waals surface area contributed by atoms with E-state index in [1.165, 1.54) is 16.4 Å². The highest BCUT2D eigenvalue weighted by atomic mass is 32.2. The molecule has 22 heavy (non-hydrogen) atoms. The summed E-state index contributed by atoms with van der Waals surface area (Å²) in [6.45, 7) is 3.14. The van der Waals surface area contributed by atoms with Crippen LogP contribution in [-0.4, -0.2) is 65.5 Å². The molecule has 1 aromatic heterocycles. The molecule has 9 heteroatoms. The molecule has 2 fully saturated rings. The summed E-state index contributed by atoms with van der Waals surface area (Å²) in [7, 11) is -2.20. The van der Waals surface area contributed by atoms with Crippen molar-refractivity contribution in [3.63, 3.8) is 0 Å². The predicted octanol–water partition coefficient (Wildman–Crippen LogP) is -0.286. The zero-order valence-electron chi connectivity index (χ0n) is 12.7. The summed E-state index contributed by atoms with van der Waals surface area (Å²) in [6, 6.07) is 0. The van der Waals surface area contributed by atoms with Crippen molar-refractivity contribution in [2.24, 2.45) is 7.05 Å². The molecule has 2 heterocycles. The number of sulfone groups is 1. The lowest BCUT2D eigenvalue weighted by Gasteiger charge is -2.28. The van der Waals surface area contributed by atoms with Gasteiger partial charge in [0, 0.05) is 26.1 Å². The van der Waals surface area contributed by atoms with Gasteiger partial charge in [-0.15, -0.1) is 10.2 Å². The molecule has 0 unspecified atom stereocenters. The lowest BCUT2D eigenvalue weighted by molar-refractivity contribution is -0.134. The van der Waals surface area contributed by atoms with E-state index in [0.29, 0.717) is 38.0 Å². The first kappa shape index (κ1) is 15.4. The lowest BCUT2D eigenvalue weighted by atomic mass is 10.3. The largest absolute Gasteiger partial charge is 0.378 e. The van der Waals surface area contributed by atoms with Gasteiger partial charge in [-0.25, -0.2) is 8.42 Å². The Morgan fingerprint density at radius 1 is 1.27 bits per heavy atom. The minimum absolute atomic E-state index is 0.122. The first-order valence-corrected chi connectivity index (χ1v) is 8.97. The fraction of sp³-hybridized carbons (Fsp3) is 0.769. The average molecular weight is 328 g/mol. The first-order chi connectivity index (χ1) is 10.4. The van der Waals surface area contributed by atoms with E-state index >= 15 is 0 Å². The van der Waals surface area contributed by atoms with Crippen LogP contribution in [0.25, 0.3) is 0 Å². The van der Waals surface area contributed by atoms with Gasteiger partial charge in [0.15, 0.2) is 0 Å². The van der Waals surface area contributed by atoms with Crippen molar-refractivity contribution in [1.29, 1.82) is 0 Å². The van der Waals surface area contributed by atoms with Gasteiger partial charge >= 0.3 is 0 Å². The lowest BCUT2D eigenvalue weighted by Crippen LogP contribution is -2.47. The normalized spacial score (nSPS) is 20.9. The van der Waals surface area contributed by atoms with Crippen LogP contribution in [0, 0.1) is 0 Å². The second-order valence-electron chi connectivity index (χ2n) is 5.80. The molecule has 0 spiro atoms. The Kier molecular flexibility index (Phi) is 3.94. The molecule has 2 aliphatic rings. The number of carbonyl (C=O) groups is 1. The molecule has 1 aliphatic heterocycles. The number of rotatable bonds is 4. The third-order valence-corrected chi connectivity index (χ3v) is 6.20. The van der Waals surface area contributed by atoms with Crippen LogP contribution in [0.3, 0.4) is 0 Å². The maximum absolute atomic E-state index is 12.7. The zero-order valence-corrected chi connectivity index (χ0v) is 13.5. The summed E-state index contributed by atoms with van der Waals surface area (Å²) < 4.78 is 32.1. The number of hydrogen-bond donors (Lipinski definition) is 0. The minimum atomic E-state index is -3.85. The van der Waals surface area contributed by atoms with Gasteiger partial charge in [0.2, 0.25) is 20.9 Å². The van der Waals surface area contributed by atoms with Crippen LogP contribution in [0.5, 0.6) is 0 Å². The molecule has 1 aliphatic carbocycles. The Morgan fingerprint density at radius 2 is 1.91 bits per heavy atom. The van der Waals surface area contributed by atoms with Crippen molar-refractivity contribution >= 4 is 15.7 Å². The Hall–Kier alpha value is -1.48. The third-order valence-electron chi connectivity index (χ3n) is 4.20. The van der Waals surface area contributed by atoms with Crippen molar-refractivity contribution < 1.29 is 17.9 Å². The first-order valence-electron chi connectivity index (χ1n) is 7.42. The molecule has 0 N–H and O–H groups in total. The van der Waals surface area contributed by atoms with E-state index in [2.05, 4.69) is 10.2 Å². The Morgan fingerprint density at radius 3 is 2.50 bits per heavy atom. The van der Waals surface area contributed by atoms with Gasteiger partial charge < -0.3 is 14.2 Å². The van der Waals surface area contributed by atoms with Crippen molar-refractivity contribution in [3.05, 3.63) is 5.82 Å². The van der Waals surface area contributed by atoms with Gasteiger partial charge in [-0.05, 0) is 19.8 Å². The van der Waals surface area contributed by atoms with E-state index in [1.807, 2.05) is 0 Å². The molecule has 0 radical (unpaired) electrons. The maximum Gasteiger partial charge on any atom is 0.250 e. The van der Waals surface area contributed by atoms with Crippen LogP contribution in [0.4, 0.5) is 0 Å². The molecule has 3 rings (SSSR count). The van der Waals surface area contributed by atoms with Crippen LogP contribution >= 0.6 is 0 Å². The molecule has 8 nitrogen and oxygen atoms in total. The van der Waals surface area contributed by atoms with Crippen molar-refractivity contribution in [1.82, 2.24) is 19.7 Å². The second kappa shape index (κ2) is 5.62. The number of carbonyl (C=O) groups excluding carboxylic acids is 1. The average Bonchev–Trinajstić information content (AvgIpc) is 3.28. The molecule has 122 valence electrons. The van der Waals surface area contributed by atoms with Crippen molar-refractivity contribution in [2.45, 2.75) is 36.1 Å². The number of amides is 1. The molecule has 0 aromatic carbocycles. The molecule has 1 atom stereocenters. The highest BCUT2D eigenvalue weighted by Crippen LogP contribution is 2.39. The molecular weight excluding hydrogens is 308 g/mol. The number of aromatic nitrogens is 3. The molecule has 1 saturated heterocycles. The van der Waals surface area contributed by atoms with E-state index in [4.69, 9.17) is 4.74 Å². The highest BCUT2D eigenvalue weighted by Gasteiger charge is 2.39. The van der Waals surface area contributed by atoms with Crippen molar-refractivity contribution in [2.75, 3.05) is 26.3 Å². The van der Waals surface area contributed by atoms with Crippen LogP contribution in [-0.2, 0) is 26.4 Å². The van der Waals surface area contributed by atoms with Crippen molar-refractivity contribution in [3.8, 4) is 0 Å². The number of hydrogen-bond acceptors (Lipinski definition) is 6. The van der Waals surface area contributed by atoms with Gasteiger partial charge in [-0.2, -0.15) is 0 Å². The fourth-order valence-electron chi connectivity index (χ4n) is 2.60. The fourth-order valence-corrected chi connectivity index (χ4v) is 3.96. The van der Waals surface area contributed by atoms with E-state index in [9.17, 15) is 13.2 Å². The summed E-state index contributed by atoms with van der Waals surface area (Å²) in [5, 5.41) is 6.53.